The van der Waals surface area contributed by atoms with Crippen molar-refractivity contribution in [1.82, 2.24) is 0 Å². The lowest BCUT2D eigenvalue weighted by Gasteiger charge is -2.28. The summed E-state index contributed by atoms with van der Waals surface area (Å²) in [4.78, 5) is 33.5. The van der Waals surface area contributed by atoms with E-state index < -0.39 is 22.8 Å². The lowest BCUT2D eigenvalue weighted by Crippen LogP contribution is -2.32. The molecule has 3 rings (SSSR count). The smallest absolute Gasteiger partial charge is 0.315 e. The molecule has 2 aromatic carbocycles. The molecule has 0 aromatic heterocycles. The molecule has 0 radical (unpaired) electrons. The van der Waals surface area contributed by atoms with Crippen molar-refractivity contribution in [2.24, 2.45) is 5.92 Å². The second-order valence-corrected chi connectivity index (χ2v) is 7.00. The summed E-state index contributed by atoms with van der Waals surface area (Å²) in [6.45, 7) is 1.81. The summed E-state index contributed by atoms with van der Waals surface area (Å²) in [5.41, 5.74) is 2.49. The standard InChI is InChI=1S/C21H18N2O6/c1-12-17-7-3-13(8-19(17)29-21(26)18(12)10-20(24)25)2-4-14-5-6-16(23(27)28)9-15(14)11-22/h3,5-9,12,18H,2,4,10H2,1H3,(H,24,25). The molecule has 1 N–H and O–H groups in total. The molecule has 1 aliphatic rings. The number of hydrogen-bond donors (Lipinski definition) is 1. The number of fused-ring (bicyclic) bond motifs is 1. The van der Waals surface area contributed by atoms with E-state index in [1.54, 1.807) is 12.1 Å². The molecule has 0 saturated heterocycles. The van der Waals surface area contributed by atoms with Crippen molar-refractivity contribution in [3.63, 3.8) is 0 Å². The van der Waals surface area contributed by atoms with Gasteiger partial charge in [-0.1, -0.05) is 25.1 Å². The fraction of sp³-hybridized carbons (Fsp3) is 0.286. The van der Waals surface area contributed by atoms with Crippen molar-refractivity contribution < 1.29 is 24.4 Å². The van der Waals surface area contributed by atoms with Gasteiger partial charge in [0.1, 0.15) is 5.75 Å². The van der Waals surface area contributed by atoms with Gasteiger partial charge in [-0.05, 0) is 41.5 Å². The van der Waals surface area contributed by atoms with Crippen molar-refractivity contribution in [3.05, 3.63) is 68.8 Å². The molecule has 0 amide bonds. The van der Waals surface area contributed by atoms with Gasteiger partial charge in [-0.3, -0.25) is 19.7 Å². The molecule has 2 aromatic rings. The average molecular weight is 394 g/mol. The Kier molecular flexibility index (Phi) is 5.59. The fourth-order valence-electron chi connectivity index (χ4n) is 3.53. The molecule has 1 heterocycles. The van der Waals surface area contributed by atoms with E-state index in [9.17, 15) is 25.0 Å². The Morgan fingerprint density at radius 1 is 1.28 bits per heavy atom. The molecule has 2 atom stereocenters. The van der Waals surface area contributed by atoms with Gasteiger partial charge in [0.2, 0.25) is 0 Å². The van der Waals surface area contributed by atoms with E-state index in [-0.39, 0.29) is 23.6 Å². The first kappa shape index (κ1) is 20.0. The summed E-state index contributed by atoms with van der Waals surface area (Å²) >= 11 is 0. The summed E-state index contributed by atoms with van der Waals surface area (Å²) in [6, 6.07) is 11.7. The van der Waals surface area contributed by atoms with Gasteiger partial charge in [-0.15, -0.1) is 0 Å². The lowest BCUT2D eigenvalue weighted by atomic mass is 9.82. The summed E-state index contributed by atoms with van der Waals surface area (Å²) < 4.78 is 5.37. The summed E-state index contributed by atoms with van der Waals surface area (Å²) in [7, 11) is 0. The van der Waals surface area contributed by atoms with Crippen LogP contribution >= 0.6 is 0 Å². The molecular formula is C21H18N2O6. The van der Waals surface area contributed by atoms with E-state index in [1.807, 2.05) is 25.1 Å². The van der Waals surface area contributed by atoms with Crippen LogP contribution in [0.2, 0.25) is 0 Å². The number of nitriles is 1. The van der Waals surface area contributed by atoms with E-state index in [4.69, 9.17) is 9.84 Å². The number of esters is 1. The predicted octanol–water partition coefficient (Wildman–Crippen LogP) is 3.37. The molecular weight excluding hydrogens is 376 g/mol. The second kappa shape index (κ2) is 8.10. The van der Waals surface area contributed by atoms with Gasteiger partial charge in [-0.2, -0.15) is 5.26 Å². The Morgan fingerprint density at radius 2 is 2.03 bits per heavy atom. The minimum Gasteiger partial charge on any atom is -0.481 e. The fourth-order valence-corrected chi connectivity index (χ4v) is 3.53. The van der Waals surface area contributed by atoms with Crippen LogP contribution in [0.1, 0.15) is 41.5 Å². The number of hydrogen-bond acceptors (Lipinski definition) is 6. The largest absolute Gasteiger partial charge is 0.481 e. The Hall–Kier alpha value is -3.73. The number of non-ortho nitro benzene ring substituents is 1. The van der Waals surface area contributed by atoms with Gasteiger partial charge in [-0.25, -0.2) is 0 Å². The quantitative estimate of drug-likeness (QED) is 0.344. The molecule has 0 saturated carbocycles. The first-order valence-electron chi connectivity index (χ1n) is 9.04. The van der Waals surface area contributed by atoms with E-state index in [0.717, 1.165) is 11.1 Å². The SMILES string of the molecule is CC1c2ccc(CCc3ccc([N+](=O)[O-])cc3C#N)cc2OC(=O)C1CC(=O)O. The van der Waals surface area contributed by atoms with Crippen LogP contribution in [0, 0.1) is 27.4 Å². The highest BCUT2D eigenvalue weighted by Crippen LogP contribution is 2.39. The Morgan fingerprint density at radius 3 is 2.69 bits per heavy atom. The number of aliphatic carboxylic acids is 1. The average Bonchev–Trinajstić information content (AvgIpc) is 2.68. The maximum absolute atomic E-state index is 12.2. The number of benzene rings is 2. The van der Waals surface area contributed by atoms with Gasteiger partial charge < -0.3 is 9.84 Å². The van der Waals surface area contributed by atoms with Crippen LogP contribution in [0.4, 0.5) is 5.69 Å². The number of nitro groups is 1. The molecule has 0 fully saturated rings. The van der Waals surface area contributed by atoms with Gasteiger partial charge >= 0.3 is 11.9 Å². The highest BCUT2D eigenvalue weighted by molar-refractivity contribution is 5.83. The maximum atomic E-state index is 12.2. The Labute approximate surface area is 166 Å². The molecule has 8 nitrogen and oxygen atoms in total. The van der Waals surface area contributed by atoms with Crippen molar-refractivity contribution >= 4 is 17.6 Å². The minimum atomic E-state index is -1.05. The van der Waals surface area contributed by atoms with Gasteiger partial charge in [0.25, 0.3) is 5.69 Å². The van der Waals surface area contributed by atoms with E-state index in [0.29, 0.717) is 24.2 Å². The maximum Gasteiger partial charge on any atom is 0.315 e. The van der Waals surface area contributed by atoms with Crippen LogP contribution in [0.15, 0.2) is 36.4 Å². The molecule has 0 aliphatic carbocycles. The molecule has 8 heteroatoms. The third kappa shape index (κ3) is 4.24. The lowest BCUT2D eigenvalue weighted by molar-refractivity contribution is -0.384. The zero-order valence-electron chi connectivity index (χ0n) is 15.6. The summed E-state index contributed by atoms with van der Waals surface area (Å²) in [5.74, 6) is -2.16. The van der Waals surface area contributed by atoms with Gasteiger partial charge in [0.05, 0.1) is 28.9 Å². The van der Waals surface area contributed by atoms with Crippen LogP contribution in [0.3, 0.4) is 0 Å². The van der Waals surface area contributed by atoms with Gasteiger partial charge in [0, 0.05) is 12.1 Å². The summed E-state index contributed by atoms with van der Waals surface area (Å²) in [5, 5.41) is 29.1. The predicted molar refractivity (Wildman–Crippen MR) is 101 cm³/mol. The first-order chi connectivity index (χ1) is 13.8. The number of aryl methyl sites for hydroxylation is 2. The Balaban J connectivity index is 1.78. The second-order valence-electron chi connectivity index (χ2n) is 7.00. The Bertz CT molecular complexity index is 1040. The molecule has 1 aliphatic heterocycles. The minimum absolute atomic E-state index is 0.129. The number of ether oxygens (including phenoxy) is 1. The number of rotatable bonds is 6. The van der Waals surface area contributed by atoms with E-state index in [2.05, 4.69) is 0 Å². The highest BCUT2D eigenvalue weighted by Gasteiger charge is 2.36. The van der Waals surface area contributed by atoms with Gasteiger partial charge in [0.15, 0.2) is 0 Å². The van der Waals surface area contributed by atoms with Crippen molar-refractivity contribution in [1.29, 1.82) is 5.26 Å². The molecule has 148 valence electrons. The number of carboxylic acids is 1. The van der Waals surface area contributed by atoms with Crippen LogP contribution < -0.4 is 4.74 Å². The number of nitro benzene ring substituents is 1. The van der Waals surface area contributed by atoms with Crippen molar-refractivity contribution in [2.45, 2.75) is 32.1 Å². The van der Waals surface area contributed by atoms with Crippen LogP contribution in [-0.4, -0.2) is 22.0 Å². The van der Waals surface area contributed by atoms with Crippen LogP contribution in [-0.2, 0) is 22.4 Å². The van der Waals surface area contributed by atoms with Crippen molar-refractivity contribution in [2.75, 3.05) is 0 Å². The van der Waals surface area contributed by atoms with Crippen LogP contribution in [0.5, 0.6) is 5.75 Å². The highest BCUT2D eigenvalue weighted by atomic mass is 16.6. The molecule has 0 spiro atoms. The zero-order valence-corrected chi connectivity index (χ0v) is 15.6. The monoisotopic (exact) mass is 394 g/mol. The molecule has 2 unspecified atom stereocenters. The first-order valence-corrected chi connectivity index (χ1v) is 9.04. The third-order valence-corrected chi connectivity index (χ3v) is 5.19. The zero-order chi connectivity index (χ0) is 21.1. The number of nitrogens with zero attached hydrogens (tertiary/aromatic N) is 2. The normalized spacial score (nSPS) is 17.7. The van der Waals surface area contributed by atoms with E-state index >= 15 is 0 Å². The van der Waals surface area contributed by atoms with E-state index in [1.165, 1.54) is 12.1 Å². The number of carbonyl (C=O) groups excluding carboxylic acids is 1. The number of carboxylic acid groups (broad SMARTS) is 1. The molecule has 0 bridgehead atoms. The third-order valence-electron chi connectivity index (χ3n) is 5.19. The number of carbonyl (C=O) groups is 2. The summed E-state index contributed by atoms with van der Waals surface area (Å²) in [6.07, 6.45) is 0.757. The topological polar surface area (TPSA) is 131 Å². The van der Waals surface area contributed by atoms with Crippen LogP contribution in [0.25, 0.3) is 0 Å². The van der Waals surface area contributed by atoms with Crippen molar-refractivity contribution in [3.8, 4) is 11.8 Å². The molecule has 29 heavy (non-hydrogen) atoms.